The number of esters is 1. The van der Waals surface area contributed by atoms with Crippen molar-refractivity contribution in [2.45, 2.75) is 6.54 Å². The molecule has 1 aromatic carbocycles. The number of para-hydroxylation sites is 1. The largest absolute Gasteiger partial charge is 0.467 e. The van der Waals surface area contributed by atoms with Gasteiger partial charge in [0.15, 0.2) is 0 Å². The number of benzene rings is 1. The van der Waals surface area contributed by atoms with Crippen LogP contribution >= 0.6 is 11.6 Å². The fourth-order valence-electron chi connectivity index (χ4n) is 2.35. The van der Waals surface area contributed by atoms with Crippen LogP contribution in [0.1, 0.15) is 16.1 Å². The summed E-state index contributed by atoms with van der Waals surface area (Å²) in [7, 11) is 1.29. The van der Waals surface area contributed by atoms with Gasteiger partial charge in [0.05, 0.1) is 25.4 Å². The van der Waals surface area contributed by atoms with Gasteiger partial charge in [0.2, 0.25) is 0 Å². The van der Waals surface area contributed by atoms with Crippen LogP contribution in [0.25, 0.3) is 10.9 Å². The van der Waals surface area contributed by atoms with E-state index < -0.39 is 5.97 Å². The molecule has 0 bridgehead atoms. The van der Waals surface area contributed by atoms with Gasteiger partial charge < -0.3 is 9.15 Å². The fourth-order valence-corrected chi connectivity index (χ4v) is 2.57. The predicted molar refractivity (Wildman–Crippen MR) is 82.4 cm³/mol. The lowest BCUT2D eigenvalue weighted by Crippen LogP contribution is -2.22. The lowest BCUT2D eigenvalue weighted by molar-refractivity contribution is 0.0598. The Hall–Kier alpha value is -2.53. The van der Waals surface area contributed by atoms with Crippen molar-refractivity contribution in [3.63, 3.8) is 0 Å². The molecule has 0 amide bonds. The number of hydrogen-bond acceptors (Lipinski definition) is 4. The molecular formula is C16H12ClNO4. The molecule has 3 aromatic rings. The van der Waals surface area contributed by atoms with Crippen LogP contribution < -0.4 is 5.56 Å². The molecule has 22 heavy (non-hydrogen) atoms. The van der Waals surface area contributed by atoms with Crippen molar-refractivity contribution in [2.75, 3.05) is 7.11 Å². The van der Waals surface area contributed by atoms with Crippen molar-refractivity contribution in [1.29, 1.82) is 0 Å². The molecule has 0 spiro atoms. The summed E-state index contributed by atoms with van der Waals surface area (Å²) in [5.74, 6) is -0.162. The summed E-state index contributed by atoms with van der Waals surface area (Å²) in [5, 5.41) is 0.947. The van der Waals surface area contributed by atoms with E-state index in [1.54, 1.807) is 6.07 Å². The summed E-state index contributed by atoms with van der Waals surface area (Å²) in [6.07, 6.45) is 1.39. The lowest BCUT2D eigenvalue weighted by Gasteiger charge is -2.10. The second-order valence-corrected chi connectivity index (χ2v) is 5.10. The van der Waals surface area contributed by atoms with E-state index >= 15 is 0 Å². The van der Waals surface area contributed by atoms with Gasteiger partial charge in [-0.1, -0.05) is 29.8 Å². The smallest absolute Gasteiger partial charge is 0.341 e. The summed E-state index contributed by atoms with van der Waals surface area (Å²) in [6.45, 7) is 0.0946. The molecule has 0 aliphatic heterocycles. The normalized spacial score (nSPS) is 10.8. The van der Waals surface area contributed by atoms with Gasteiger partial charge in [-0.25, -0.2) is 4.79 Å². The summed E-state index contributed by atoms with van der Waals surface area (Å²) in [6, 6.07) is 10.5. The molecular weight excluding hydrogens is 306 g/mol. The standard InChI is InChI=1S/C16H12ClNO4/c1-21-16(20)11-6-7-22-14(11)9-18-13-5-3-2-4-10(13)8-12(17)15(18)19/h2-8H,9H2,1H3. The Morgan fingerprint density at radius 1 is 1.32 bits per heavy atom. The van der Waals surface area contributed by atoms with E-state index in [0.717, 1.165) is 5.39 Å². The van der Waals surface area contributed by atoms with E-state index in [9.17, 15) is 9.59 Å². The highest BCUT2D eigenvalue weighted by Gasteiger charge is 2.17. The van der Waals surface area contributed by atoms with Gasteiger partial charge in [0, 0.05) is 0 Å². The zero-order valence-electron chi connectivity index (χ0n) is 11.7. The number of methoxy groups -OCH3 is 1. The van der Waals surface area contributed by atoms with E-state index in [-0.39, 0.29) is 17.1 Å². The van der Waals surface area contributed by atoms with Gasteiger partial charge in [-0.3, -0.25) is 9.36 Å². The van der Waals surface area contributed by atoms with Crippen LogP contribution in [-0.2, 0) is 11.3 Å². The molecule has 0 unspecified atom stereocenters. The topological polar surface area (TPSA) is 61.4 Å². The number of halogens is 1. The molecule has 3 rings (SSSR count). The monoisotopic (exact) mass is 317 g/mol. The van der Waals surface area contributed by atoms with Crippen molar-refractivity contribution in [1.82, 2.24) is 4.57 Å². The summed E-state index contributed by atoms with van der Waals surface area (Å²) < 4.78 is 11.5. The Morgan fingerprint density at radius 2 is 2.09 bits per heavy atom. The molecule has 0 saturated heterocycles. The maximum Gasteiger partial charge on any atom is 0.341 e. The van der Waals surface area contributed by atoms with Crippen LogP contribution in [0, 0.1) is 0 Å². The first-order chi connectivity index (χ1) is 10.6. The highest BCUT2D eigenvalue weighted by molar-refractivity contribution is 6.31. The van der Waals surface area contributed by atoms with Gasteiger partial charge >= 0.3 is 5.97 Å². The quantitative estimate of drug-likeness (QED) is 0.696. The third-order valence-electron chi connectivity index (χ3n) is 3.41. The molecule has 0 radical (unpaired) electrons. The van der Waals surface area contributed by atoms with Crippen molar-refractivity contribution < 1.29 is 13.9 Å². The summed E-state index contributed by atoms with van der Waals surface area (Å²) in [4.78, 5) is 24.0. The molecule has 0 aliphatic carbocycles. The van der Waals surface area contributed by atoms with Crippen molar-refractivity contribution in [2.24, 2.45) is 0 Å². The number of rotatable bonds is 3. The average molecular weight is 318 g/mol. The number of hydrogen-bond donors (Lipinski definition) is 0. The summed E-state index contributed by atoms with van der Waals surface area (Å²) >= 11 is 6.01. The van der Waals surface area contributed by atoms with Crippen LogP contribution in [-0.4, -0.2) is 17.6 Å². The first kappa shape index (κ1) is 14.4. The van der Waals surface area contributed by atoms with E-state index in [1.165, 1.54) is 24.0 Å². The maximum atomic E-state index is 12.3. The fraction of sp³-hybridized carbons (Fsp3) is 0.125. The number of carbonyl (C=O) groups excluding carboxylic acids is 1. The Balaban J connectivity index is 2.16. The van der Waals surface area contributed by atoms with Crippen molar-refractivity contribution in [3.8, 4) is 0 Å². The van der Waals surface area contributed by atoms with Crippen LogP contribution in [0.5, 0.6) is 0 Å². The number of fused-ring (bicyclic) bond motifs is 1. The number of carbonyl (C=O) groups is 1. The molecule has 0 aliphatic rings. The molecule has 2 heterocycles. The van der Waals surface area contributed by atoms with Gasteiger partial charge in [0.25, 0.3) is 5.56 Å². The Morgan fingerprint density at radius 3 is 2.86 bits per heavy atom. The molecule has 112 valence electrons. The first-order valence-electron chi connectivity index (χ1n) is 6.54. The average Bonchev–Trinajstić information content (AvgIpc) is 2.99. The van der Waals surface area contributed by atoms with E-state index in [2.05, 4.69) is 0 Å². The van der Waals surface area contributed by atoms with Crippen LogP contribution in [0.4, 0.5) is 0 Å². The highest BCUT2D eigenvalue weighted by Crippen LogP contribution is 2.19. The SMILES string of the molecule is COC(=O)c1ccoc1Cn1c(=O)c(Cl)cc2ccccc21. The molecule has 0 N–H and O–H groups in total. The second-order valence-electron chi connectivity index (χ2n) is 4.69. The van der Waals surface area contributed by atoms with Crippen LogP contribution in [0.2, 0.25) is 5.02 Å². The third-order valence-corrected chi connectivity index (χ3v) is 3.68. The minimum atomic E-state index is -0.511. The first-order valence-corrected chi connectivity index (χ1v) is 6.92. The van der Waals surface area contributed by atoms with Gasteiger partial charge in [0.1, 0.15) is 16.3 Å². The molecule has 0 atom stereocenters. The van der Waals surface area contributed by atoms with Gasteiger partial charge in [-0.05, 0) is 23.6 Å². The zero-order valence-corrected chi connectivity index (χ0v) is 12.5. The Labute approximate surface area is 130 Å². The number of ether oxygens (including phenoxy) is 1. The third kappa shape index (κ3) is 2.40. The van der Waals surface area contributed by atoms with Crippen molar-refractivity contribution >= 4 is 28.5 Å². The second kappa shape index (κ2) is 5.69. The Kier molecular flexibility index (Phi) is 3.73. The summed E-state index contributed by atoms with van der Waals surface area (Å²) in [5.41, 5.74) is 0.662. The number of nitrogens with zero attached hydrogens (tertiary/aromatic N) is 1. The van der Waals surface area contributed by atoms with Crippen LogP contribution in [0.3, 0.4) is 0 Å². The molecule has 6 heteroatoms. The minimum absolute atomic E-state index is 0.0946. The lowest BCUT2D eigenvalue weighted by atomic mass is 10.2. The van der Waals surface area contributed by atoms with Gasteiger partial charge in [-0.2, -0.15) is 0 Å². The van der Waals surface area contributed by atoms with E-state index in [4.69, 9.17) is 20.8 Å². The molecule has 5 nitrogen and oxygen atoms in total. The van der Waals surface area contributed by atoms with E-state index in [0.29, 0.717) is 16.8 Å². The zero-order chi connectivity index (χ0) is 15.7. The molecule has 0 saturated carbocycles. The number of pyridine rings is 1. The number of aromatic nitrogens is 1. The minimum Gasteiger partial charge on any atom is -0.467 e. The predicted octanol–water partition coefficient (Wildman–Crippen LogP) is 3.08. The van der Waals surface area contributed by atoms with Crippen LogP contribution in [0.15, 0.2) is 51.9 Å². The number of furan rings is 1. The van der Waals surface area contributed by atoms with Crippen molar-refractivity contribution in [3.05, 3.63) is 69.4 Å². The maximum absolute atomic E-state index is 12.3. The molecule has 2 aromatic heterocycles. The molecule has 0 fully saturated rings. The van der Waals surface area contributed by atoms with E-state index in [1.807, 2.05) is 24.3 Å². The Bertz CT molecular complexity index is 910. The highest BCUT2D eigenvalue weighted by atomic mass is 35.5. The van der Waals surface area contributed by atoms with Gasteiger partial charge in [-0.15, -0.1) is 0 Å².